The maximum atomic E-state index is 3.28. The molecule has 0 aliphatic carbocycles. The van der Waals surface area contributed by atoms with E-state index in [2.05, 4.69) is 62.3 Å². The number of benzene rings is 1. The van der Waals surface area contributed by atoms with E-state index in [9.17, 15) is 0 Å². The van der Waals surface area contributed by atoms with Crippen molar-refractivity contribution in [1.82, 2.24) is 5.32 Å². The molecule has 1 aromatic rings. The highest BCUT2D eigenvalue weighted by Crippen LogP contribution is 2.30. The minimum Gasteiger partial charge on any atom is -0.372 e. The molecule has 1 N–H and O–H groups in total. The Morgan fingerprint density at radius 2 is 1.63 bits per heavy atom. The van der Waals surface area contributed by atoms with Gasteiger partial charge in [-0.3, -0.25) is 0 Å². The third-order valence-corrected chi connectivity index (χ3v) is 3.38. The first-order valence-corrected chi connectivity index (χ1v) is 7.35. The second kappa shape index (κ2) is 6.14. The Morgan fingerprint density at radius 3 is 2.05 bits per heavy atom. The van der Waals surface area contributed by atoms with Gasteiger partial charge < -0.3 is 10.2 Å². The minimum absolute atomic E-state index is 0.688. The second-order valence-corrected chi connectivity index (χ2v) is 6.27. The van der Waals surface area contributed by atoms with Crippen LogP contribution in [0.25, 0.3) is 0 Å². The van der Waals surface area contributed by atoms with Crippen LogP contribution in [0.1, 0.15) is 38.8 Å². The van der Waals surface area contributed by atoms with Crippen LogP contribution in [0.2, 0.25) is 0 Å². The largest absolute Gasteiger partial charge is 0.372 e. The first kappa shape index (κ1) is 14.0. The van der Waals surface area contributed by atoms with Gasteiger partial charge >= 0.3 is 0 Å². The van der Waals surface area contributed by atoms with Gasteiger partial charge in [0.15, 0.2) is 0 Å². The second-order valence-electron chi connectivity index (χ2n) is 6.27. The molecule has 0 bridgehead atoms. The van der Waals surface area contributed by atoms with E-state index in [1.165, 1.54) is 16.8 Å². The average molecular weight is 258 g/mol. The number of nitrogens with zero attached hydrogens (tertiary/aromatic N) is 1. The van der Waals surface area contributed by atoms with Crippen molar-refractivity contribution in [1.29, 1.82) is 0 Å². The van der Waals surface area contributed by atoms with Gasteiger partial charge in [0.2, 0.25) is 0 Å². The van der Waals surface area contributed by atoms with Gasteiger partial charge in [0.05, 0.1) is 6.67 Å². The van der Waals surface area contributed by atoms with Crippen molar-refractivity contribution in [3.63, 3.8) is 0 Å². The summed E-state index contributed by atoms with van der Waals surface area (Å²) in [5.74, 6) is 1.38. The Bertz CT molecular complexity index is 418. The zero-order valence-corrected chi connectivity index (χ0v) is 12.6. The smallest absolute Gasteiger partial charge is 0.0916 e. The molecule has 2 rings (SSSR count). The molecule has 0 spiro atoms. The zero-order chi connectivity index (χ0) is 13.8. The highest BCUT2D eigenvalue weighted by atomic mass is 15.2. The van der Waals surface area contributed by atoms with E-state index in [1.54, 1.807) is 0 Å². The predicted octanol–water partition coefficient (Wildman–Crippen LogP) is 3.92. The van der Waals surface area contributed by atoms with Crippen LogP contribution in [-0.2, 0) is 12.8 Å². The van der Waals surface area contributed by atoms with Crippen molar-refractivity contribution in [3.8, 4) is 0 Å². The number of hydrogen-bond donors (Lipinski definition) is 1. The number of para-hydroxylation sites is 1. The lowest BCUT2D eigenvalue weighted by Crippen LogP contribution is -2.23. The monoisotopic (exact) mass is 258 g/mol. The summed E-state index contributed by atoms with van der Waals surface area (Å²) >= 11 is 0. The Hall–Kier alpha value is -1.44. The lowest BCUT2D eigenvalue weighted by atomic mass is 9.94. The standard InChI is InChI=1S/C17H26N2/c1-13(2)10-15-6-5-7-16(11-14(3)4)17(15)19-9-8-18-12-19/h5-9,13-14,18H,10-12H2,1-4H3. The first-order valence-electron chi connectivity index (χ1n) is 7.35. The van der Waals surface area contributed by atoms with Crippen LogP contribution < -0.4 is 10.2 Å². The van der Waals surface area contributed by atoms with E-state index in [1.807, 2.05) is 6.20 Å². The number of hydrogen-bond acceptors (Lipinski definition) is 2. The maximum Gasteiger partial charge on any atom is 0.0916 e. The van der Waals surface area contributed by atoms with Gasteiger partial charge in [-0.1, -0.05) is 45.9 Å². The average Bonchev–Trinajstić information content (AvgIpc) is 2.81. The predicted molar refractivity (Wildman–Crippen MR) is 83.1 cm³/mol. The van der Waals surface area contributed by atoms with Crippen LogP contribution in [0.15, 0.2) is 30.6 Å². The van der Waals surface area contributed by atoms with Gasteiger partial charge in [0.1, 0.15) is 0 Å². The fourth-order valence-electron chi connectivity index (χ4n) is 2.72. The third-order valence-electron chi connectivity index (χ3n) is 3.38. The molecular formula is C17H26N2. The molecule has 2 nitrogen and oxygen atoms in total. The fourth-order valence-corrected chi connectivity index (χ4v) is 2.72. The highest BCUT2D eigenvalue weighted by Gasteiger charge is 2.17. The Labute approximate surface area is 117 Å². The van der Waals surface area contributed by atoms with Gasteiger partial charge in [-0.2, -0.15) is 0 Å². The van der Waals surface area contributed by atoms with E-state index >= 15 is 0 Å². The summed E-state index contributed by atoms with van der Waals surface area (Å²) in [6.07, 6.45) is 6.48. The highest BCUT2D eigenvalue weighted by molar-refractivity contribution is 5.62. The molecule has 0 atom stereocenters. The number of rotatable bonds is 5. The topological polar surface area (TPSA) is 15.3 Å². The first-order chi connectivity index (χ1) is 9.08. The molecule has 2 heteroatoms. The van der Waals surface area contributed by atoms with E-state index in [-0.39, 0.29) is 0 Å². The number of anilines is 1. The van der Waals surface area contributed by atoms with Crippen molar-refractivity contribution >= 4 is 5.69 Å². The molecule has 104 valence electrons. The van der Waals surface area contributed by atoms with Crippen LogP contribution in [0.3, 0.4) is 0 Å². The Kier molecular flexibility index (Phi) is 4.52. The summed E-state index contributed by atoms with van der Waals surface area (Å²) in [4.78, 5) is 2.34. The molecule has 0 aromatic heterocycles. The lowest BCUT2D eigenvalue weighted by molar-refractivity contribution is 0.634. The molecule has 1 aliphatic heterocycles. The molecule has 0 unspecified atom stereocenters. The van der Waals surface area contributed by atoms with Crippen LogP contribution in [0.4, 0.5) is 5.69 Å². The van der Waals surface area contributed by atoms with E-state index in [0.717, 1.165) is 19.5 Å². The maximum absolute atomic E-state index is 3.28. The van der Waals surface area contributed by atoms with Gasteiger partial charge in [-0.05, 0) is 35.8 Å². The molecule has 0 amide bonds. The summed E-state index contributed by atoms with van der Waals surface area (Å²) in [5.41, 5.74) is 4.37. The summed E-state index contributed by atoms with van der Waals surface area (Å²) in [6, 6.07) is 6.78. The van der Waals surface area contributed by atoms with Crippen molar-refractivity contribution in [3.05, 3.63) is 41.7 Å². The third kappa shape index (κ3) is 3.52. The van der Waals surface area contributed by atoms with Gasteiger partial charge in [-0.15, -0.1) is 0 Å². The summed E-state index contributed by atoms with van der Waals surface area (Å²) < 4.78 is 0. The molecule has 1 aromatic carbocycles. The summed E-state index contributed by atoms with van der Waals surface area (Å²) in [6.45, 7) is 10.0. The van der Waals surface area contributed by atoms with Crippen LogP contribution in [-0.4, -0.2) is 6.67 Å². The van der Waals surface area contributed by atoms with Crippen LogP contribution in [0, 0.1) is 11.8 Å². The van der Waals surface area contributed by atoms with Gasteiger partial charge in [0, 0.05) is 18.1 Å². The summed E-state index contributed by atoms with van der Waals surface area (Å²) in [7, 11) is 0. The van der Waals surface area contributed by atoms with Gasteiger partial charge in [0.25, 0.3) is 0 Å². The quantitative estimate of drug-likeness (QED) is 0.861. The molecule has 1 heterocycles. The SMILES string of the molecule is CC(C)Cc1cccc(CC(C)C)c1N1C=CNC1. The zero-order valence-electron chi connectivity index (χ0n) is 12.6. The van der Waals surface area contributed by atoms with Crippen molar-refractivity contribution in [2.45, 2.75) is 40.5 Å². The molecule has 1 aliphatic rings. The van der Waals surface area contributed by atoms with E-state index < -0.39 is 0 Å². The fraction of sp³-hybridized carbons (Fsp3) is 0.529. The molecule has 0 fully saturated rings. The normalized spacial score (nSPS) is 14.5. The van der Waals surface area contributed by atoms with E-state index in [4.69, 9.17) is 0 Å². The van der Waals surface area contributed by atoms with Gasteiger partial charge in [-0.25, -0.2) is 0 Å². The number of nitrogens with one attached hydrogen (secondary N) is 1. The summed E-state index contributed by atoms with van der Waals surface area (Å²) in [5, 5.41) is 3.28. The van der Waals surface area contributed by atoms with Crippen LogP contribution in [0.5, 0.6) is 0 Å². The van der Waals surface area contributed by atoms with Crippen LogP contribution >= 0.6 is 0 Å². The molecule has 19 heavy (non-hydrogen) atoms. The van der Waals surface area contributed by atoms with E-state index in [0.29, 0.717) is 11.8 Å². The lowest BCUT2D eigenvalue weighted by Gasteiger charge is -2.24. The molecular weight excluding hydrogens is 232 g/mol. The molecule has 0 saturated heterocycles. The van der Waals surface area contributed by atoms with Crippen molar-refractivity contribution < 1.29 is 0 Å². The Balaban J connectivity index is 2.38. The minimum atomic E-state index is 0.688. The Morgan fingerprint density at radius 1 is 1.05 bits per heavy atom. The molecule has 0 saturated carbocycles. The van der Waals surface area contributed by atoms with Crippen molar-refractivity contribution in [2.24, 2.45) is 11.8 Å². The molecule has 0 radical (unpaired) electrons. The van der Waals surface area contributed by atoms with Crippen molar-refractivity contribution in [2.75, 3.05) is 11.6 Å².